The monoisotopic (exact) mass is 303 g/mol. The summed E-state index contributed by atoms with van der Waals surface area (Å²) in [6.45, 7) is 4.79. The third-order valence-electron chi connectivity index (χ3n) is 3.54. The summed E-state index contributed by atoms with van der Waals surface area (Å²) in [7, 11) is 0. The van der Waals surface area contributed by atoms with Crippen LogP contribution >= 0.6 is 11.8 Å². The number of aryl methyl sites for hydroxylation is 1. The molecule has 2 aromatic rings. The Labute approximate surface area is 128 Å². The van der Waals surface area contributed by atoms with Crippen LogP contribution in [0, 0.1) is 12.7 Å². The highest BCUT2D eigenvalue weighted by atomic mass is 32.2. The highest BCUT2D eigenvalue weighted by Crippen LogP contribution is 2.34. The van der Waals surface area contributed by atoms with Crippen molar-refractivity contribution in [1.82, 2.24) is 9.97 Å². The topological polar surface area (TPSA) is 37.8 Å². The number of aromatic nitrogens is 2. The van der Waals surface area contributed by atoms with Crippen molar-refractivity contribution in [2.75, 3.05) is 11.9 Å². The summed E-state index contributed by atoms with van der Waals surface area (Å²) < 4.78 is 13.4. The Morgan fingerprint density at radius 3 is 2.90 bits per heavy atom. The van der Waals surface area contributed by atoms with Gasteiger partial charge in [-0.1, -0.05) is 6.92 Å². The molecule has 0 atom stereocenters. The van der Waals surface area contributed by atoms with Gasteiger partial charge < -0.3 is 5.32 Å². The first kappa shape index (κ1) is 14.3. The molecule has 0 unspecified atom stereocenters. The molecular formula is C16H18FN3S. The molecule has 2 heterocycles. The average molecular weight is 303 g/mol. The van der Waals surface area contributed by atoms with Gasteiger partial charge in [0.05, 0.1) is 5.69 Å². The minimum Gasteiger partial charge on any atom is -0.370 e. The van der Waals surface area contributed by atoms with E-state index in [0.717, 1.165) is 41.5 Å². The molecule has 21 heavy (non-hydrogen) atoms. The molecule has 0 radical (unpaired) electrons. The average Bonchev–Trinajstić information content (AvgIpc) is 2.96. The van der Waals surface area contributed by atoms with Gasteiger partial charge in [0.1, 0.15) is 11.6 Å². The number of anilines is 1. The lowest BCUT2D eigenvalue weighted by atomic mass is 10.1. The van der Waals surface area contributed by atoms with Crippen molar-refractivity contribution in [3.05, 3.63) is 40.8 Å². The lowest BCUT2D eigenvalue weighted by Gasteiger charge is -2.11. The second-order valence-corrected chi connectivity index (χ2v) is 6.19. The van der Waals surface area contributed by atoms with Crippen LogP contribution in [-0.2, 0) is 11.5 Å². The molecule has 1 aliphatic heterocycles. The molecule has 5 heteroatoms. The normalized spacial score (nSPS) is 13.3. The minimum atomic E-state index is -0.195. The van der Waals surface area contributed by atoms with Crippen LogP contribution in [0.3, 0.4) is 0 Å². The first-order chi connectivity index (χ1) is 10.2. The van der Waals surface area contributed by atoms with E-state index in [1.807, 2.05) is 17.8 Å². The van der Waals surface area contributed by atoms with Crippen molar-refractivity contribution in [1.29, 1.82) is 0 Å². The fourth-order valence-corrected chi connectivity index (χ4v) is 3.40. The van der Waals surface area contributed by atoms with Gasteiger partial charge in [-0.15, -0.1) is 0 Å². The standard InChI is InChI=1S/C16H18FN3S/c1-3-6-18-16-12-8-21-9-14(12)19-15(20-16)11-4-5-13(17)10(2)7-11/h4-5,7H,3,6,8-9H2,1-2H3,(H,18,19,20). The Kier molecular flexibility index (Phi) is 4.10. The second-order valence-electron chi connectivity index (χ2n) is 5.20. The Balaban J connectivity index is 2.04. The van der Waals surface area contributed by atoms with E-state index in [4.69, 9.17) is 0 Å². The number of benzene rings is 1. The van der Waals surface area contributed by atoms with Crippen molar-refractivity contribution in [3.8, 4) is 11.4 Å². The molecular weight excluding hydrogens is 285 g/mol. The molecule has 0 saturated heterocycles. The zero-order valence-electron chi connectivity index (χ0n) is 12.2. The molecule has 3 rings (SSSR count). The van der Waals surface area contributed by atoms with Gasteiger partial charge in [-0.05, 0) is 37.1 Å². The molecule has 0 bridgehead atoms. The van der Waals surface area contributed by atoms with Gasteiger partial charge >= 0.3 is 0 Å². The summed E-state index contributed by atoms with van der Waals surface area (Å²) >= 11 is 1.86. The molecule has 0 fully saturated rings. The smallest absolute Gasteiger partial charge is 0.161 e. The Hall–Kier alpha value is -1.62. The van der Waals surface area contributed by atoms with Crippen LogP contribution < -0.4 is 5.32 Å². The summed E-state index contributed by atoms with van der Waals surface area (Å²) in [6, 6.07) is 5.04. The van der Waals surface area contributed by atoms with Crippen LogP contribution in [0.5, 0.6) is 0 Å². The quantitative estimate of drug-likeness (QED) is 0.920. The van der Waals surface area contributed by atoms with Crippen molar-refractivity contribution in [2.45, 2.75) is 31.8 Å². The predicted molar refractivity (Wildman–Crippen MR) is 85.9 cm³/mol. The van der Waals surface area contributed by atoms with Crippen LogP contribution in [0.1, 0.15) is 30.2 Å². The maximum atomic E-state index is 13.4. The third-order valence-corrected chi connectivity index (χ3v) is 4.51. The van der Waals surface area contributed by atoms with Crippen LogP contribution in [0.4, 0.5) is 10.2 Å². The van der Waals surface area contributed by atoms with E-state index in [-0.39, 0.29) is 5.82 Å². The lowest BCUT2D eigenvalue weighted by molar-refractivity contribution is 0.618. The van der Waals surface area contributed by atoms with E-state index < -0.39 is 0 Å². The van der Waals surface area contributed by atoms with Gasteiger partial charge in [0.2, 0.25) is 0 Å². The highest BCUT2D eigenvalue weighted by Gasteiger charge is 2.20. The zero-order chi connectivity index (χ0) is 14.8. The molecule has 0 saturated carbocycles. The molecule has 1 N–H and O–H groups in total. The number of thioether (sulfide) groups is 1. The molecule has 0 aliphatic carbocycles. The molecule has 0 spiro atoms. The van der Waals surface area contributed by atoms with Crippen molar-refractivity contribution >= 4 is 17.6 Å². The fourth-order valence-electron chi connectivity index (χ4n) is 2.35. The number of hydrogen-bond acceptors (Lipinski definition) is 4. The van der Waals surface area contributed by atoms with Crippen LogP contribution in [-0.4, -0.2) is 16.5 Å². The summed E-state index contributed by atoms with van der Waals surface area (Å²) in [5.74, 6) is 3.30. The van der Waals surface area contributed by atoms with Crippen LogP contribution in [0.15, 0.2) is 18.2 Å². The van der Waals surface area contributed by atoms with E-state index in [1.54, 1.807) is 13.0 Å². The summed E-state index contributed by atoms with van der Waals surface area (Å²) in [6.07, 6.45) is 1.05. The van der Waals surface area contributed by atoms with Gasteiger partial charge in [0.25, 0.3) is 0 Å². The largest absolute Gasteiger partial charge is 0.370 e. The molecule has 1 aliphatic rings. The van der Waals surface area contributed by atoms with Gasteiger partial charge in [-0.25, -0.2) is 14.4 Å². The zero-order valence-corrected chi connectivity index (χ0v) is 13.1. The van der Waals surface area contributed by atoms with Crippen molar-refractivity contribution in [2.24, 2.45) is 0 Å². The SMILES string of the molecule is CCCNc1nc(-c2ccc(F)c(C)c2)nc2c1CSC2. The van der Waals surface area contributed by atoms with Crippen molar-refractivity contribution in [3.63, 3.8) is 0 Å². The fraction of sp³-hybridized carbons (Fsp3) is 0.375. The van der Waals surface area contributed by atoms with Crippen LogP contribution in [0.25, 0.3) is 11.4 Å². The third kappa shape index (κ3) is 2.88. The number of halogens is 1. The van der Waals surface area contributed by atoms with Gasteiger partial charge in [-0.3, -0.25) is 0 Å². The number of fused-ring (bicyclic) bond motifs is 1. The summed E-state index contributed by atoms with van der Waals surface area (Å²) in [4.78, 5) is 9.33. The minimum absolute atomic E-state index is 0.195. The molecule has 1 aromatic carbocycles. The van der Waals surface area contributed by atoms with Crippen LogP contribution in [0.2, 0.25) is 0 Å². The maximum absolute atomic E-state index is 13.4. The number of nitrogens with one attached hydrogen (secondary N) is 1. The lowest BCUT2D eigenvalue weighted by Crippen LogP contribution is -2.08. The summed E-state index contributed by atoms with van der Waals surface area (Å²) in [5.41, 5.74) is 3.81. The number of rotatable bonds is 4. The van der Waals surface area contributed by atoms with E-state index in [0.29, 0.717) is 11.4 Å². The Bertz CT molecular complexity index is 673. The first-order valence-electron chi connectivity index (χ1n) is 7.17. The van der Waals surface area contributed by atoms with Gasteiger partial charge in [0.15, 0.2) is 5.82 Å². The van der Waals surface area contributed by atoms with E-state index in [9.17, 15) is 4.39 Å². The maximum Gasteiger partial charge on any atom is 0.161 e. The van der Waals surface area contributed by atoms with E-state index in [2.05, 4.69) is 22.2 Å². The molecule has 1 aromatic heterocycles. The van der Waals surface area contributed by atoms with Gasteiger partial charge in [0, 0.05) is 29.2 Å². The van der Waals surface area contributed by atoms with E-state index in [1.165, 1.54) is 11.6 Å². The molecule has 3 nitrogen and oxygen atoms in total. The van der Waals surface area contributed by atoms with Crippen molar-refractivity contribution < 1.29 is 4.39 Å². The first-order valence-corrected chi connectivity index (χ1v) is 8.32. The Morgan fingerprint density at radius 1 is 1.29 bits per heavy atom. The molecule has 110 valence electrons. The number of hydrogen-bond donors (Lipinski definition) is 1. The highest BCUT2D eigenvalue weighted by molar-refractivity contribution is 7.98. The summed E-state index contributed by atoms with van der Waals surface area (Å²) in [5, 5.41) is 3.39. The molecule has 0 amide bonds. The number of nitrogens with zero attached hydrogens (tertiary/aromatic N) is 2. The Morgan fingerprint density at radius 2 is 2.14 bits per heavy atom. The second kappa shape index (κ2) is 6.02. The predicted octanol–water partition coefficient (Wildman–Crippen LogP) is 4.16. The van der Waals surface area contributed by atoms with E-state index >= 15 is 0 Å². The van der Waals surface area contributed by atoms with Gasteiger partial charge in [-0.2, -0.15) is 11.8 Å².